The fourth-order valence-electron chi connectivity index (χ4n) is 3.66. The van der Waals surface area contributed by atoms with Crippen LogP contribution < -0.4 is 15.0 Å². The molecule has 0 amide bonds. The zero-order valence-electron chi connectivity index (χ0n) is 14.8. The Morgan fingerprint density at radius 3 is 3.00 bits per heavy atom. The SMILES string of the molecule is COc1ccc(OC)c([C@@H]2CCCN2Cc2nc3ccsc3c(=O)[nH]2)c1. The van der Waals surface area contributed by atoms with Crippen LogP contribution in [0.3, 0.4) is 0 Å². The molecule has 0 aliphatic carbocycles. The van der Waals surface area contributed by atoms with Crippen molar-refractivity contribution in [3.63, 3.8) is 0 Å². The van der Waals surface area contributed by atoms with Crippen LogP contribution in [0.4, 0.5) is 0 Å². The van der Waals surface area contributed by atoms with Gasteiger partial charge >= 0.3 is 0 Å². The number of benzene rings is 1. The molecule has 26 heavy (non-hydrogen) atoms. The maximum absolute atomic E-state index is 12.2. The Kier molecular flexibility index (Phi) is 4.65. The summed E-state index contributed by atoms with van der Waals surface area (Å²) in [5.41, 5.74) is 1.82. The number of hydrogen-bond acceptors (Lipinski definition) is 6. The number of nitrogens with one attached hydrogen (secondary N) is 1. The molecule has 1 N–H and O–H groups in total. The second-order valence-electron chi connectivity index (χ2n) is 6.38. The third-order valence-electron chi connectivity index (χ3n) is 4.88. The number of aromatic nitrogens is 2. The summed E-state index contributed by atoms with van der Waals surface area (Å²) in [5.74, 6) is 2.38. The van der Waals surface area contributed by atoms with Gasteiger partial charge in [0.15, 0.2) is 0 Å². The van der Waals surface area contributed by atoms with Gasteiger partial charge in [0.1, 0.15) is 22.0 Å². The molecule has 0 radical (unpaired) electrons. The highest BCUT2D eigenvalue weighted by Crippen LogP contribution is 2.39. The Labute approximate surface area is 155 Å². The molecular weight excluding hydrogens is 350 g/mol. The van der Waals surface area contributed by atoms with Gasteiger partial charge in [-0.3, -0.25) is 9.69 Å². The van der Waals surface area contributed by atoms with Gasteiger partial charge in [-0.05, 0) is 49.0 Å². The molecule has 1 saturated heterocycles. The molecule has 1 fully saturated rings. The number of thiophene rings is 1. The summed E-state index contributed by atoms with van der Waals surface area (Å²) < 4.78 is 11.6. The van der Waals surface area contributed by atoms with E-state index in [1.807, 2.05) is 29.6 Å². The Hall–Kier alpha value is -2.38. The van der Waals surface area contributed by atoms with Gasteiger partial charge in [-0.25, -0.2) is 4.98 Å². The van der Waals surface area contributed by atoms with E-state index in [0.717, 1.165) is 42.0 Å². The fraction of sp³-hybridized carbons (Fsp3) is 0.368. The van der Waals surface area contributed by atoms with Crippen LogP contribution in [0.2, 0.25) is 0 Å². The van der Waals surface area contributed by atoms with Gasteiger partial charge in [-0.1, -0.05) is 0 Å². The first kappa shape index (κ1) is 17.1. The summed E-state index contributed by atoms with van der Waals surface area (Å²) in [7, 11) is 3.36. The zero-order valence-corrected chi connectivity index (χ0v) is 15.6. The van der Waals surface area contributed by atoms with E-state index < -0.39 is 0 Å². The maximum Gasteiger partial charge on any atom is 0.268 e. The van der Waals surface area contributed by atoms with E-state index in [4.69, 9.17) is 9.47 Å². The average Bonchev–Trinajstić information content (AvgIpc) is 3.30. The normalized spacial score (nSPS) is 17.7. The van der Waals surface area contributed by atoms with E-state index in [9.17, 15) is 4.79 Å². The average molecular weight is 371 g/mol. The van der Waals surface area contributed by atoms with Crippen molar-refractivity contribution < 1.29 is 9.47 Å². The number of H-pyrrole nitrogens is 1. The molecule has 4 rings (SSSR count). The minimum absolute atomic E-state index is 0.0605. The molecule has 0 bridgehead atoms. The van der Waals surface area contributed by atoms with Crippen LogP contribution >= 0.6 is 11.3 Å². The van der Waals surface area contributed by atoms with Crippen LogP contribution in [0, 0.1) is 0 Å². The number of methoxy groups -OCH3 is 2. The largest absolute Gasteiger partial charge is 0.497 e. The third-order valence-corrected chi connectivity index (χ3v) is 5.78. The highest BCUT2D eigenvalue weighted by Gasteiger charge is 2.29. The molecule has 0 spiro atoms. The first-order valence-corrected chi connectivity index (χ1v) is 9.50. The fourth-order valence-corrected chi connectivity index (χ4v) is 4.38. The highest BCUT2D eigenvalue weighted by atomic mass is 32.1. The Bertz CT molecular complexity index is 982. The molecule has 136 valence electrons. The first-order chi connectivity index (χ1) is 12.7. The molecule has 1 aliphatic rings. The number of nitrogens with zero attached hydrogens (tertiary/aromatic N) is 2. The smallest absolute Gasteiger partial charge is 0.268 e. The van der Waals surface area contributed by atoms with Crippen molar-refractivity contribution in [2.45, 2.75) is 25.4 Å². The van der Waals surface area contributed by atoms with Crippen molar-refractivity contribution in [3.8, 4) is 11.5 Å². The van der Waals surface area contributed by atoms with Gasteiger partial charge in [-0.15, -0.1) is 11.3 Å². The molecule has 0 saturated carbocycles. The molecule has 2 aromatic heterocycles. The topological polar surface area (TPSA) is 67.5 Å². The van der Waals surface area contributed by atoms with Crippen molar-refractivity contribution in [1.82, 2.24) is 14.9 Å². The minimum atomic E-state index is -0.0605. The third kappa shape index (κ3) is 3.08. The van der Waals surface area contributed by atoms with E-state index in [2.05, 4.69) is 14.9 Å². The van der Waals surface area contributed by atoms with Crippen LogP contribution in [0.1, 0.15) is 30.3 Å². The first-order valence-electron chi connectivity index (χ1n) is 8.62. The second kappa shape index (κ2) is 7.09. The van der Waals surface area contributed by atoms with Crippen molar-refractivity contribution >= 4 is 21.6 Å². The number of aromatic amines is 1. The lowest BCUT2D eigenvalue weighted by molar-refractivity contribution is 0.236. The second-order valence-corrected chi connectivity index (χ2v) is 7.30. The van der Waals surface area contributed by atoms with E-state index in [0.29, 0.717) is 17.1 Å². The van der Waals surface area contributed by atoms with E-state index in [1.165, 1.54) is 11.3 Å². The summed E-state index contributed by atoms with van der Waals surface area (Å²) in [5, 5.41) is 1.90. The van der Waals surface area contributed by atoms with E-state index in [1.54, 1.807) is 14.2 Å². The summed E-state index contributed by atoms with van der Waals surface area (Å²) >= 11 is 1.42. The summed E-state index contributed by atoms with van der Waals surface area (Å²) in [6.45, 7) is 1.56. The summed E-state index contributed by atoms with van der Waals surface area (Å²) in [6.07, 6.45) is 2.13. The van der Waals surface area contributed by atoms with Crippen molar-refractivity contribution in [1.29, 1.82) is 0 Å². The highest BCUT2D eigenvalue weighted by molar-refractivity contribution is 7.17. The molecule has 3 heterocycles. The molecule has 7 heteroatoms. The van der Waals surface area contributed by atoms with E-state index >= 15 is 0 Å². The molecule has 0 unspecified atom stereocenters. The lowest BCUT2D eigenvalue weighted by atomic mass is 10.0. The summed E-state index contributed by atoms with van der Waals surface area (Å²) in [4.78, 5) is 22.1. The van der Waals surface area contributed by atoms with E-state index in [-0.39, 0.29) is 11.6 Å². The van der Waals surface area contributed by atoms with Crippen LogP contribution in [0.5, 0.6) is 11.5 Å². The molecule has 1 aliphatic heterocycles. The monoisotopic (exact) mass is 371 g/mol. The van der Waals surface area contributed by atoms with Crippen molar-refractivity contribution in [3.05, 3.63) is 51.4 Å². The number of likely N-dealkylation sites (tertiary alicyclic amines) is 1. The molecule has 1 atom stereocenters. The van der Waals surface area contributed by atoms with Crippen molar-refractivity contribution in [2.75, 3.05) is 20.8 Å². The number of ether oxygens (including phenoxy) is 2. The molecule has 6 nitrogen and oxygen atoms in total. The van der Waals surface area contributed by atoms with Gasteiger partial charge in [0.05, 0.1) is 26.3 Å². The number of hydrogen-bond donors (Lipinski definition) is 1. The quantitative estimate of drug-likeness (QED) is 0.745. The molecular formula is C19H21N3O3S. The lowest BCUT2D eigenvalue weighted by Crippen LogP contribution is -2.25. The number of fused-ring (bicyclic) bond motifs is 1. The summed E-state index contributed by atoms with van der Waals surface area (Å²) in [6, 6.07) is 8.00. The Morgan fingerprint density at radius 2 is 2.19 bits per heavy atom. The molecule has 1 aromatic carbocycles. The van der Waals surface area contributed by atoms with Gasteiger partial charge < -0.3 is 14.5 Å². The van der Waals surface area contributed by atoms with Crippen LogP contribution in [0.25, 0.3) is 10.2 Å². The molecule has 3 aromatic rings. The van der Waals surface area contributed by atoms with Gasteiger partial charge in [0, 0.05) is 11.6 Å². The van der Waals surface area contributed by atoms with Crippen LogP contribution in [0.15, 0.2) is 34.4 Å². The number of rotatable bonds is 5. The van der Waals surface area contributed by atoms with Gasteiger partial charge in [0.25, 0.3) is 5.56 Å². The van der Waals surface area contributed by atoms with Crippen LogP contribution in [-0.2, 0) is 6.54 Å². The van der Waals surface area contributed by atoms with Gasteiger partial charge in [-0.2, -0.15) is 0 Å². The van der Waals surface area contributed by atoms with Crippen LogP contribution in [-0.4, -0.2) is 35.6 Å². The zero-order chi connectivity index (χ0) is 18.1. The minimum Gasteiger partial charge on any atom is -0.497 e. The maximum atomic E-state index is 12.2. The lowest BCUT2D eigenvalue weighted by Gasteiger charge is -2.26. The Morgan fingerprint density at radius 1 is 1.31 bits per heavy atom. The van der Waals surface area contributed by atoms with Crippen molar-refractivity contribution in [2.24, 2.45) is 0 Å². The van der Waals surface area contributed by atoms with Gasteiger partial charge in [0.2, 0.25) is 0 Å². The Balaban J connectivity index is 1.65. The standard InChI is InChI=1S/C19H21N3O3S/c1-24-12-5-6-16(25-2)13(10-12)15-4-3-8-22(15)11-17-20-14-7-9-26-18(14)19(23)21-17/h5-7,9-10,15H,3-4,8,11H2,1-2H3,(H,20,21,23)/t15-/m0/s1. The predicted octanol–water partition coefficient (Wildman–Crippen LogP) is 3.34. The predicted molar refractivity (Wildman–Crippen MR) is 102 cm³/mol.